The van der Waals surface area contributed by atoms with Crippen molar-refractivity contribution in [2.45, 2.75) is 32.7 Å². The lowest BCUT2D eigenvalue weighted by molar-refractivity contribution is 0.505. The monoisotopic (exact) mass is 331 g/mol. The van der Waals surface area contributed by atoms with E-state index in [2.05, 4.69) is 84.5 Å². The molecule has 0 fully saturated rings. The number of likely N-dealkylation sites (N-methyl/N-ethyl adjacent to an activating group) is 1. The van der Waals surface area contributed by atoms with Crippen LogP contribution in [0.5, 0.6) is 0 Å². The molecule has 0 saturated carbocycles. The normalized spacial score (nSPS) is 14.1. The van der Waals surface area contributed by atoms with E-state index in [-0.39, 0.29) is 0 Å². The highest BCUT2D eigenvalue weighted by molar-refractivity contribution is 9.10. The van der Waals surface area contributed by atoms with Crippen molar-refractivity contribution in [1.29, 1.82) is 0 Å². The van der Waals surface area contributed by atoms with Gasteiger partial charge in [-0.05, 0) is 49.2 Å². The lowest BCUT2D eigenvalue weighted by Crippen LogP contribution is -2.23. The zero-order valence-corrected chi connectivity index (χ0v) is 14.2. The summed E-state index contributed by atoms with van der Waals surface area (Å²) in [7, 11) is 2.04. The van der Waals surface area contributed by atoms with Gasteiger partial charge in [0.2, 0.25) is 0 Å². The van der Waals surface area contributed by atoms with Gasteiger partial charge in [0.1, 0.15) is 0 Å². The van der Waals surface area contributed by atoms with Crippen LogP contribution < -0.4 is 5.32 Å². The average Bonchev–Trinajstić information content (AvgIpc) is 2.46. The molecule has 0 amide bonds. The molecular weight excluding hydrogens is 310 g/mol. The van der Waals surface area contributed by atoms with Crippen LogP contribution in [0.25, 0.3) is 0 Å². The van der Waals surface area contributed by atoms with Gasteiger partial charge in [0.15, 0.2) is 0 Å². The zero-order chi connectivity index (χ0) is 14.7. The van der Waals surface area contributed by atoms with Gasteiger partial charge in [0, 0.05) is 16.4 Å². The number of rotatable bonds is 4. The molecule has 2 atom stereocenters. The number of aryl methyl sites for hydroxylation is 2. The molecule has 0 aromatic heterocycles. The summed E-state index contributed by atoms with van der Waals surface area (Å²) in [5, 5.41) is 3.49. The summed E-state index contributed by atoms with van der Waals surface area (Å²) in [6.07, 6.45) is 0. The second kappa shape index (κ2) is 6.55. The second-order valence-corrected chi connectivity index (χ2v) is 6.28. The highest BCUT2D eigenvalue weighted by Gasteiger charge is 2.21. The summed E-state index contributed by atoms with van der Waals surface area (Å²) < 4.78 is 1.18. The molecule has 2 heteroatoms. The molecule has 2 aromatic rings. The van der Waals surface area contributed by atoms with Crippen LogP contribution in [0.3, 0.4) is 0 Å². The SMILES string of the molecule is CNC(c1cc(C)c(Br)cc1C)C(C)c1ccccc1. The van der Waals surface area contributed by atoms with Gasteiger partial charge in [-0.15, -0.1) is 0 Å². The third-order valence-electron chi connectivity index (χ3n) is 4.02. The Morgan fingerprint density at radius 1 is 1.00 bits per heavy atom. The maximum Gasteiger partial charge on any atom is 0.0387 e. The van der Waals surface area contributed by atoms with Gasteiger partial charge in [-0.25, -0.2) is 0 Å². The molecule has 0 aliphatic heterocycles. The minimum absolute atomic E-state index is 0.323. The number of nitrogens with one attached hydrogen (secondary N) is 1. The van der Waals surface area contributed by atoms with E-state index in [0.717, 1.165) is 0 Å². The zero-order valence-electron chi connectivity index (χ0n) is 12.6. The highest BCUT2D eigenvalue weighted by atomic mass is 79.9. The van der Waals surface area contributed by atoms with E-state index in [0.29, 0.717) is 12.0 Å². The first-order valence-electron chi connectivity index (χ1n) is 7.03. The van der Waals surface area contributed by atoms with Crippen molar-refractivity contribution in [2.75, 3.05) is 7.05 Å². The average molecular weight is 332 g/mol. The Kier molecular flexibility index (Phi) is 5.00. The quantitative estimate of drug-likeness (QED) is 0.818. The molecule has 0 heterocycles. The molecule has 2 rings (SSSR count). The van der Waals surface area contributed by atoms with Crippen LogP contribution >= 0.6 is 15.9 Å². The summed E-state index contributed by atoms with van der Waals surface area (Å²) in [6, 6.07) is 15.5. The topological polar surface area (TPSA) is 12.0 Å². The maximum atomic E-state index is 3.61. The van der Waals surface area contributed by atoms with Gasteiger partial charge in [-0.2, -0.15) is 0 Å². The largest absolute Gasteiger partial charge is 0.312 e. The molecule has 0 saturated heterocycles. The lowest BCUT2D eigenvalue weighted by atomic mass is 9.86. The first kappa shape index (κ1) is 15.3. The Hall–Kier alpha value is -1.12. The Labute approximate surface area is 130 Å². The molecule has 2 aromatic carbocycles. The van der Waals surface area contributed by atoms with Gasteiger partial charge in [0.25, 0.3) is 0 Å². The van der Waals surface area contributed by atoms with E-state index in [1.54, 1.807) is 0 Å². The van der Waals surface area contributed by atoms with E-state index in [1.807, 2.05) is 7.05 Å². The van der Waals surface area contributed by atoms with E-state index in [4.69, 9.17) is 0 Å². The van der Waals surface area contributed by atoms with Crippen molar-refractivity contribution in [3.05, 3.63) is 69.2 Å². The van der Waals surface area contributed by atoms with Crippen LogP contribution in [0.2, 0.25) is 0 Å². The molecule has 2 unspecified atom stereocenters. The van der Waals surface area contributed by atoms with E-state index in [1.165, 1.54) is 26.7 Å². The van der Waals surface area contributed by atoms with Crippen LogP contribution in [0.1, 0.15) is 41.1 Å². The summed E-state index contributed by atoms with van der Waals surface area (Å²) in [5.41, 5.74) is 5.35. The minimum atomic E-state index is 0.323. The maximum absolute atomic E-state index is 3.61. The molecule has 106 valence electrons. The third kappa shape index (κ3) is 3.13. The molecular formula is C18H22BrN. The molecule has 20 heavy (non-hydrogen) atoms. The summed E-state index contributed by atoms with van der Waals surface area (Å²) in [4.78, 5) is 0. The number of halogens is 1. The summed E-state index contributed by atoms with van der Waals surface area (Å²) >= 11 is 3.61. The standard InChI is InChI=1S/C18H22BrN/c1-12-11-17(19)13(2)10-16(12)18(20-4)14(3)15-8-6-5-7-9-15/h5-11,14,18,20H,1-4H3. The predicted octanol–water partition coefficient (Wildman–Crippen LogP) is 5.13. The van der Waals surface area contributed by atoms with Crippen molar-refractivity contribution in [3.63, 3.8) is 0 Å². The number of benzene rings is 2. The fourth-order valence-corrected chi connectivity index (χ4v) is 3.22. The van der Waals surface area contributed by atoms with Crippen molar-refractivity contribution in [2.24, 2.45) is 0 Å². The molecule has 0 bridgehead atoms. The van der Waals surface area contributed by atoms with Gasteiger partial charge >= 0.3 is 0 Å². The molecule has 0 spiro atoms. The second-order valence-electron chi connectivity index (χ2n) is 5.42. The Bertz CT molecular complexity index is 577. The Morgan fingerprint density at radius 3 is 2.25 bits per heavy atom. The van der Waals surface area contributed by atoms with Crippen LogP contribution in [-0.2, 0) is 0 Å². The Morgan fingerprint density at radius 2 is 1.65 bits per heavy atom. The molecule has 1 N–H and O–H groups in total. The van der Waals surface area contributed by atoms with Gasteiger partial charge < -0.3 is 5.32 Å². The van der Waals surface area contributed by atoms with E-state index in [9.17, 15) is 0 Å². The molecule has 1 nitrogen and oxygen atoms in total. The fraction of sp³-hybridized carbons (Fsp3) is 0.333. The summed E-state index contributed by atoms with van der Waals surface area (Å²) in [6.45, 7) is 6.61. The van der Waals surface area contributed by atoms with Gasteiger partial charge in [0.05, 0.1) is 0 Å². The molecule has 0 radical (unpaired) electrons. The van der Waals surface area contributed by atoms with Crippen LogP contribution in [0, 0.1) is 13.8 Å². The van der Waals surface area contributed by atoms with Crippen LogP contribution in [0.4, 0.5) is 0 Å². The van der Waals surface area contributed by atoms with E-state index < -0.39 is 0 Å². The van der Waals surface area contributed by atoms with Crippen molar-refractivity contribution >= 4 is 15.9 Å². The number of hydrogen-bond donors (Lipinski definition) is 1. The first-order chi connectivity index (χ1) is 9.54. The van der Waals surface area contributed by atoms with E-state index >= 15 is 0 Å². The Balaban J connectivity index is 2.40. The highest BCUT2D eigenvalue weighted by Crippen LogP contribution is 2.34. The van der Waals surface area contributed by atoms with Crippen LogP contribution in [-0.4, -0.2) is 7.05 Å². The predicted molar refractivity (Wildman–Crippen MR) is 90.3 cm³/mol. The minimum Gasteiger partial charge on any atom is -0.312 e. The van der Waals surface area contributed by atoms with Crippen molar-refractivity contribution in [3.8, 4) is 0 Å². The van der Waals surface area contributed by atoms with Crippen LogP contribution in [0.15, 0.2) is 46.9 Å². The van der Waals surface area contributed by atoms with Crippen molar-refractivity contribution < 1.29 is 0 Å². The molecule has 0 aliphatic rings. The van der Waals surface area contributed by atoms with Gasteiger partial charge in [-0.1, -0.05) is 59.3 Å². The van der Waals surface area contributed by atoms with Gasteiger partial charge in [-0.3, -0.25) is 0 Å². The smallest absolute Gasteiger partial charge is 0.0387 e. The fourth-order valence-electron chi connectivity index (χ4n) is 2.76. The summed E-state index contributed by atoms with van der Waals surface area (Å²) in [5.74, 6) is 0.431. The lowest BCUT2D eigenvalue weighted by Gasteiger charge is -2.26. The van der Waals surface area contributed by atoms with Crippen molar-refractivity contribution in [1.82, 2.24) is 5.32 Å². The first-order valence-corrected chi connectivity index (χ1v) is 7.82. The number of hydrogen-bond acceptors (Lipinski definition) is 1. The third-order valence-corrected chi connectivity index (χ3v) is 4.87. The molecule has 0 aliphatic carbocycles.